The highest BCUT2D eigenvalue weighted by Crippen LogP contribution is 2.29. The van der Waals surface area contributed by atoms with Crippen LogP contribution in [0, 0.1) is 11.3 Å². The second kappa shape index (κ2) is 7.85. The zero-order valence-corrected chi connectivity index (χ0v) is 16.4. The number of benzene rings is 1. The van der Waals surface area contributed by atoms with Gasteiger partial charge in [0, 0.05) is 30.2 Å². The van der Waals surface area contributed by atoms with Crippen molar-refractivity contribution in [2.45, 2.75) is 13.1 Å². The van der Waals surface area contributed by atoms with Crippen LogP contribution in [-0.4, -0.2) is 38.1 Å². The van der Waals surface area contributed by atoms with Crippen molar-refractivity contribution in [1.29, 1.82) is 5.26 Å². The maximum Gasteiger partial charge on any atom is 0.322 e. The molecule has 3 N–H and O–H groups in total. The Hall–Kier alpha value is -3.90. The van der Waals surface area contributed by atoms with Gasteiger partial charge in [0.2, 0.25) is 0 Å². The van der Waals surface area contributed by atoms with Crippen LogP contribution in [0.15, 0.2) is 42.7 Å². The number of amides is 3. The van der Waals surface area contributed by atoms with E-state index >= 15 is 0 Å². The lowest BCUT2D eigenvalue weighted by Gasteiger charge is -2.28. The summed E-state index contributed by atoms with van der Waals surface area (Å²) < 4.78 is 1.68. The molecule has 3 aromatic rings. The topological polar surface area (TPSA) is 130 Å². The van der Waals surface area contributed by atoms with Crippen molar-refractivity contribution in [3.63, 3.8) is 0 Å². The lowest BCUT2D eigenvalue weighted by molar-refractivity contribution is 0.0997. The van der Waals surface area contributed by atoms with Gasteiger partial charge in [0.05, 0.1) is 41.0 Å². The molecule has 4 rings (SSSR count). The largest absolute Gasteiger partial charge is 0.365 e. The fourth-order valence-electron chi connectivity index (χ4n) is 3.32. The summed E-state index contributed by atoms with van der Waals surface area (Å²) in [5.74, 6) is -0.638. The summed E-state index contributed by atoms with van der Waals surface area (Å²) in [6, 6.07) is 9.92. The number of carbonyl (C=O) groups is 2. The molecule has 0 saturated heterocycles. The molecule has 10 heteroatoms. The van der Waals surface area contributed by atoms with Crippen molar-refractivity contribution < 1.29 is 9.59 Å². The number of fused-ring (bicyclic) bond motifs is 1. The highest BCUT2D eigenvalue weighted by Gasteiger charge is 2.29. The van der Waals surface area contributed by atoms with E-state index in [2.05, 4.69) is 15.4 Å². The molecule has 30 heavy (non-hydrogen) atoms. The van der Waals surface area contributed by atoms with E-state index in [1.54, 1.807) is 46.1 Å². The second-order valence-electron chi connectivity index (χ2n) is 6.69. The Morgan fingerprint density at radius 1 is 1.20 bits per heavy atom. The van der Waals surface area contributed by atoms with E-state index in [9.17, 15) is 9.59 Å². The van der Waals surface area contributed by atoms with E-state index in [1.807, 2.05) is 6.07 Å². The van der Waals surface area contributed by atoms with Crippen LogP contribution in [0.4, 0.5) is 10.5 Å². The number of hydrogen-bond acceptors (Lipinski definition) is 5. The highest BCUT2D eigenvalue weighted by molar-refractivity contribution is 6.30. The maximum absolute atomic E-state index is 12.7. The SMILES string of the molecule is N#Cc1ccc(NC(=O)N2CCn3nc(-c4cncc(Cl)c4)c(C(N)=O)c3C2)cc1. The van der Waals surface area contributed by atoms with Crippen LogP contribution < -0.4 is 11.1 Å². The van der Waals surface area contributed by atoms with Gasteiger partial charge in [-0.3, -0.25) is 14.5 Å². The molecule has 0 aliphatic carbocycles. The Balaban J connectivity index is 1.60. The van der Waals surface area contributed by atoms with E-state index < -0.39 is 5.91 Å². The molecule has 3 amide bonds. The molecule has 1 aliphatic rings. The van der Waals surface area contributed by atoms with Crippen molar-refractivity contribution in [1.82, 2.24) is 19.7 Å². The molecular weight excluding hydrogens is 406 g/mol. The number of anilines is 1. The first kappa shape index (κ1) is 19.4. The zero-order valence-electron chi connectivity index (χ0n) is 15.7. The number of carbonyl (C=O) groups excluding carboxylic acids is 2. The lowest BCUT2D eigenvalue weighted by Crippen LogP contribution is -2.41. The number of hydrogen-bond donors (Lipinski definition) is 2. The maximum atomic E-state index is 12.7. The third-order valence-corrected chi connectivity index (χ3v) is 4.96. The fraction of sp³-hybridized carbons (Fsp3) is 0.150. The first-order chi connectivity index (χ1) is 14.5. The molecule has 0 saturated carbocycles. The Morgan fingerprint density at radius 3 is 2.63 bits per heavy atom. The predicted octanol–water partition coefficient (Wildman–Crippen LogP) is 2.62. The number of urea groups is 1. The molecule has 3 heterocycles. The third-order valence-electron chi connectivity index (χ3n) is 4.76. The van der Waals surface area contributed by atoms with Gasteiger partial charge in [0.1, 0.15) is 5.69 Å². The van der Waals surface area contributed by atoms with Gasteiger partial charge < -0.3 is 16.0 Å². The molecule has 2 aromatic heterocycles. The van der Waals surface area contributed by atoms with Crippen LogP contribution >= 0.6 is 11.6 Å². The Labute approximate surface area is 176 Å². The van der Waals surface area contributed by atoms with Gasteiger partial charge in [0.25, 0.3) is 5.91 Å². The zero-order chi connectivity index (χ0) is 21.3. The Kier molecular flexibility index (Phi) is 5.08. The van der Waals surface area contributed by atoms with Gasteiger partial charge in [-0.05, 0) is 30.3 Å². The number of aromatic nitrogens is 3. The standard InChI is InChI=1S/C20H16ClN7O2/c21-14-7-13(9-24-10-14)18-17(19(23)29)16-11-27(5-6-28(16)26-18)20(30)25-15-3-1-12(8-22)2-4-15/h1-4,7,9-10H,5-6,11H2,(H2,23,29)(H,25,30). The summed E-state index contributed by atoms with van der Waals surface area (Å²) in [5.41, 5.74) is 8.48. The summed E-state index contributed by atoms with van der Waals surface area (Å²) in [7, 11) is 0. The van der Waals surface area contributed by atoms with Crippen molar-refractivity contribution in [3.05, 3.63) is 64.6 Å². The van der Waals surface area contributed by atoms with Crippen molar-refractivity contribution in [2.75, 3.05) is 11.9 Å². The number of rotatable bonds is 3. The smallest absolute Gasteiger partial charge is 0.322 e. The minimum atomic E-state index is -0.638. The second-order valence-corrected chi connectivity index (χ2v) is 7.13. The van der Waals surface area contributed by atoms with Gasteiger partial charge in [0.15, 0.2) is 0 Å². The van der Waals surface area contributed by atoms with Crippen molar-refractivity contribution in [3.8, 4) is 17.3 Å². The molecule has 0 atom stereocenters. The monoisotopic (exact) mass is 421 g/mol. The first-order valence-corrected chi connectivity index (χ1v) is 9.40. The third kappa shape index (κ3) is 3.68. The Morgan fingerprint density at radius 2 is 1.97 bits per heavy atom. The summed E-state index contributed by atoms with van der Waals surface area (Å²) in [6.45, 7) is 0.980. The highest BCUT2D eigenvalue weighted by atomic mass is 35.5. The molecule has 0 fully saturated rings. The van der Waals surface area contributed by atoms with Crippen LogP contribution in [0.25, 0.3) is 11.3 Å². The summed E-state index contributed by atoms with van der Waals surface area (Å²) in [6.07, 6.45) is 3.04. The van der Waals surface area contributed by atoms with E-state index in [0.717, 1.165) is 0 Å². The van der Waals surface area contributed by atoms with Crippen LogP contribution in [0.1, 0.15) is 21.6 Å². The molecule has 9 nitrogen and oxygen atoms in total. The molecule has 1 aromatic carbocycles. The van der Waals surface area contributed by atoms with Crippen LogP contribution in [0.3, 0.4) is 0 Å². The molecule has 0 spiro atoms. The minimum absolute atomic E-state index is 0.168. The van der Waals surface area contributed by atoms with E-state index in [4.69, 9.17) is 22.6 Å². The molecule has 0 bridgehead atoms. The average molecular weight is 422 g/mol. The number of nitriles is 1. The number of nitrogens with zero attached hydrogens (tertiary/aromatic N) is 5. The molecule has 0 radical (unpaired) electrons. The fourth-order valence-corrected chi connectivity index (χ4v) is 3.50. The van der Waals surface area contributed by atoms with Crippen molar-refractivity contribution >= 4 is 29.2 Å². The summed E-state index contributed by atoms with van der Waals surface area (Å²) in [5, 5.41) is 16.6. The van der Waals surface area contributed by atoms with Crippen LogP contribution in [0.5, 0.6) is 0 Å². The summed E-state index contributed by atoms with van der Waals surface area (Å²) >= 11 is 6.02. The van der Waals surface area contributed by atoms with Crippen LogP contribution in [0.2, 0.25) is 5.02 Å². The summed E-state index contributed by atoms with van der Waals surface area (Å²) in [4.78, 5) is 30.5. The normalized spacial score (nSPS) is 12.7. The number of halogens is 1. The molecular formula is C20H16ClN7O2. The lowest BCUT2D eigenvalue weighted by atomic mass is 10.1. The predicted molar refractivity (Wildman–Crippen MR) is 110 cm³/mol. The van der Waals surface area contributed by atoms with Crippen LogP contribution in [-0.2, 0) is 13.1 Å². The minimum Gasteiger partial charge on any atom is -0.365 e. The van der Waals surface area contributed by atoms with Gasteiger partial charge in [-0.2, -0.15) is 10.4 Å². The van der Waals surface area contributed by atoms with Gasteiger partial charge in [-0.25, -0.2) is 4.79 Å². The quantitative estimate of drug-likeness (QED) is 0.671. The van der Waals surface area contributed by atoms with E-state index in [0.29, 0.717) is 46.3 Å². The van der Waals surface area contributed by atoms with E-state index in [-0.39, 0.29) is 18.1 Å². The van der Waals surface area contributed by atoms with Gasteiger partial charge in [-0.1, -0.05) is 11.6 Å². The Bertz CT molecular complexity index is 1180. The van der Waals surface area contributed by atoms with Gasteiger partial charge >= 0.3 is 6.03 Å². The first-order valence-electron chi connectivity index (χ1n) is 9.03. The number of primary amides is 1. The van der Waals surface area contributed by atoms with Crippen molar-refractivity contribution in [2.24, 2.45) is 5.73 Å². The van der Waals surface area contributed by atoms with Gasteiger partial charge in [-0.15, -0.1) is 0 Å². The number of nitrogens with two attached hydrogens (primary N) is 1. The molecule has 150 valence electrons. The molecule has 1 aliphatic heterocycles. The number of pyridine rings is 1. The number of nitrogens with one attached hydrogen (secondary N) is 1. The molecule has 0 unspecified atom stereocenters. The van der Waals surface area contributed by atoms with E-state index in [1.165, 1.54) is 6.20 Å². The average Bonchev–Trinajstić information content (AvgIpc) is 3.13.